The van der Waals surface area contributed by atoms with Gasteiger partial charge in [-0.05, 0) is 121 Å². The maximum absolute atomic E-state index is 8.34. The molecule has 0 aromatic heterocycles. The lowest BCUT2D eigenvalue weighted by Crippen LogP contribution is -1.69. The largest absolute Gasteiger partial charge is 0.269 e. The fourth-order valence-electron chi connectivity index (χ4n) is 2.65. The topological polar surface area (TPSA) is 119 Å². The number of nitriles is 5. The van der Waals surface area contributed by atoms with Crippen LogP contribution >= 0.6 is 63.1 Å². The molecule has 0 aliphatic heterocycles. The third kappa shape index (κ3) is 24.5. The molecule has 15 heteroatoms. The normalized spacial score (nSPS) is 7.50. The van der Waals surface area contributed by atoms with Gasteiger partial charge in [-0.3, -0.25) is 23.5 Å². The Morgan fingerprint density at radius 1 is 0.240 bits per heavy atom. The van der Waals surface area contributed by atoms with Crippen molar-refractivity contribution in [1.82, 2.24) is 0 Å². The minimum atomic E-state index is 0. The molecule has 0 saturated carbocycles. The number of nitrogens with zero attached hydrogens (tertiary/aromatic N) is 5. The van der Waals surface area contributed by atoms with Gasteiger partial charge in [0.2, 0.25) is 0 Å². The molecule has 0 atom stereocenters. The number of hydrogen-bond donors (Lipinski definition) is 0. The Bertz CT molecular complexity index is 1510. The van der Waals surface area contributed by atoms with Gasteiger partial charge in [-0.15, -0.1) is 0 Å². The van der Waals surface area contributed by atoms with Gasteiger partial charge in [-0.2, -0.15) is 26.3 Å². The lowest BCUT2D eigenvalue weighted by atomic mass is 10.2. The van der Waals surface area contributed by atoms with Gasteiger partial charge in [0.1, 0.15) is 0 Å². The number of benzene rings is 5. The van der Waals surface area contributed by atoms with Crippen LogP contribution in [0.25, 0.3) is 0 Å². The summed E-state index contributed by atoms with van der Waals surface area (Å²) in [4.78, 5) is 3.86. The fourth-order valence-corrected chi connectivity index (χ4v) is 3.33. The van der Waals surface area contributed by atoms with Crippen LogP contribution in [0.3, 0.4) is 0 Å². The van der Waals surface area contributed by atoms with Crippen LogP contribution in [0.2, 0.25) is 0 Å². The third-order valence-electron chi connectivity index (χ3n) is 4.92. The molecule has 255 valence electrons. The molecular formula is C35H25F5N5S5. The molecule has 0 aliphatic rings. The summed E-state index contributed by atoms with van der Waals surface area (Å²) in [5.41, 5.74) is 3.28. The minimum absolute atomic E-state index is 0. The molecule has 0 N–H and O–H groups in total. The molecule has 5 radical (unpaired) electrons. The summed E-state index contributed by atoms with van der Waals surface area (Å²) in [7, 11) is 0. The molecule has 5 aromatic rings. The van der Waals surface area contributed by atoms with Crippen molar-refractivity contribution in [2.45, 2.75) is 24.5 Å². The molecule has 0 amide bonds. The van der Waals surface area contributed by atoms with E-state index in [2.05, 4.69) is 0 Å². The molecule has 0 heterocycles. The van der Waals surface area contributed by atoms with E-state index in [-0.39, 0.29) is 23.5 Å². The maximum Gasteiger partial charge on any atom is 0.0991 e. The molecule has 0 aliphatic carbocycles. The zero-order valence-electron chi connectivity index (χ0n) is 25.4. The Kier molecular flexibility index (Phi) is 34.3. The lowest BCUT2D eigenvalue weighted by molar-refractivity contribution is 1.11. The first kappa shape index (κ1) is 53.8. The van der Waals surface area contributed by atoms with Gasteiger partial charge in [0.05, 0.1) is 58.2 Å². The molecule has 5 rings (SSSR count). The van der Waals surface area contributed by atoms with Crippen LogP contribution in [0.15, 0.2) is 146 Å². The maximum atomic E-state index is 8.34. The van der Waals surface area contributed by atoms with E-state index >= 15 is 0 Å². The zero-order valence-corrected chi connectivity index (χ0v) is 29.4. The van der Waals surface area contributed by atoms with Gasteiger partial charge in [0.25, 0.3) is 0 Å². The third-order valence-corrected chi connectivity index (χ3v) is 6.28. The molecule has 5 aromatic carbocycles. The number of rotatable bonds is 0. The van der Waals surface area contributed by atoms with Crippen LogP contribution in [0.4, 0.5) is 23.5 Å². The molecule has 0 saturated heterocycles. The van der Waals surface area contributed by atoms with Crippen molar-refractivity contribution in [2.75, 3.05) is 0 Å². The van der Waals surface area contributed by atoms with Gasteiger partial charge >= 0.3 is 0 Å². The first-order valence-electron chi connectivity index (χ1n) is 12.5. The first-order chi connectivity index (χ1) is 21.6. The molecule has 50 heavy (non-hydrogen) atoms. The van der Waals surface area contributed by atoms with Crippen molar-refractivity contribution < 1.29 is 23.5 Å². The van der Waals surface area contributed by atoms with Gasteiger partial charge in [-0.25, -0.2) is 0 Å². The Labute approximate surface area is 315 Å². The molecule has 5 nitrogen and oxygen atoms in total. The van der Waals surface area contributed by atoms with E-state index in [4.69, 9.17) is 89.5 Å². The predicted octanol–water partition coefficient (Wildman–Crippen LogP) is 11.3. The SMILES string of the molecule is F.F.F.F.F.N#Cc1ccc([S])cc1.N#Cc1ccc([S])cc1.N#Cc1ccc([S])cc1.N#Cc1ccc([S])cc1.N#Cc1ccc([S])cc1. The van der Waals surface area contributed by atoms with Crippen LogP contribution in [-0.4, -0.2) is 0 Å². The van der Waals surface area contributed by atoms with E-state index < -0.39 is 0 Å². The Balaban J connectivity index is -0.000000165. The average molecular weight is 771 g/mol. The molecule has 0 bridgehead atoms. The minimum Gasteiger partial charge on any atom is -0.269 e. The van der Waals surface area contributed by atoms with Gasteiger partial charge in [-0.1, -0.05) is 63.1 Å². The van der Waals surface area contributed by atoms with Crippen LogP contribution in [0.1, 0.15) is 27.8 Å². The monoisotopic (exact) mass is 770 g/mol. The summed E-state index contributed by atoms with van der Waals surface area (Å²) in [5.74, 6) is 0. The van der Waals surface area contributed by atoms with E-state index in [0.717, 1.165) is 24.5 Å². The van der Waals surface area contributed by atoms with Crippen molar-refractivity contribution in [1.29, 1.82) is 26.3 Å². The quantitative estimate of drug-likeness (QED) is 0.145. The second kappa shape index (κ2) is 31.9. The predicted molar refractivity (Wildman–Crippen MR) is 198 cm³/mol. The summed E-state index contributed by atoms with van der Waals surface area (Å²) in [6.07, 6.45) is 0. The number of halogens is 5. The average Bonchev–Trinajstić information content (AvgIpc) is 3.08. The van der Waals surface area contributed by atoms with Crippen molar-refractivity contribution in [3.8, 4) is 30.3 Å². The highest BCUT2D eigenvalue weighted by Crippen LogP contribution is 2.08. The van der Waals surface area contributed by atoms with Crippen LogP contribution in [-0.2, 0) is 0 Å². The van der Waals surface area contributed by atoms with E-state index in [1.54, 1.807) is 121 Å². The van der Waals surface area contributed by atoms with Crippen molar-refractivity contribution in [2.24, 2.45) is 0 Å². The smallest absolute Gasteiger partial charge is 0.0991 e. The summed E-state index contributed by atoms with van der Waals surface area (Å²) in [6, 6.07) is 44.6. The van der Waals surface area contributed by atoms with Crippen molar-refractivity contribution >= 4 is 63.1 Å². The lowest BCUT2D eigenvalue weighted by Gasteiger charge is -1.86. The summed E-state index contributed by atoms with van der Waals surface area (Å²) in [5, 5.41) is 41.7. The molecule has 0 spiro atoms. The first-order valence-corrected chi connectivity index (χ1v) is 14.5. The van der Waals surface area contributed by atoms with Gasteiger partial charge in [0.15, 0.2) is 0 Å². The molecule has 0 unspecified atom stereocenters. The standard InChI is InChI=1S/5C7H4NS.5FH/c5*8-5-6-1-3-7(9)4-2-6;;;;;/h5*1-4H;5*1H. The zero-order chi connectivity index (χ0) is 33.5. The Morgan fingerprint density at radius 2 is 0.340 bits per heavy atom. The van der Waals surface area contributed by atoms with E-state index in [0.29, 0.717) is 27.8 Å². The van der Waals surface area contributed by atoms with Crippen LogP contribution < -0.4 is 0 Å². The molecule has 0 fully saturated rings. The van der Waals surface area contributed by atoms with Crippen LogP contribution in [0, 0.1) is 56.7 Å². The second-order valence-corrected chi connectivity index (χ2v) is 10.5. The van der Waals surface area contributed by atoms with E-state index in [1.165, 1.54) is 0 Å². The van der Waals surface area contributed by atoms with Gasteiger partial charge in [0, 0.05) is 24.5 Å². The number of hydrogen-bond acceptors (Lipinski definition) is 5. The highest BCUT2D eigenvalue weighted by Gasteiger charge is 1.89. The highest BCUT2D eigenvalue weighted by atomic mass is 32.1. The Hall–Kier alpha value is -5.70. The summed E-state index contributed by atoms with van der Waals surface area (Å²) < 4.78 is 0. The van der Waals surface area contributed by atoms with Crippen molar-refractivity contribution in [3.63, 3.8) is 0 Å². The van der Waals surface area contributed by atoms with E-state index in [1.807, 2.05) is 30.3 Å². The fraction of sp³-hybridized carbons (Fsp3) is 0. The van der Waals surface area contributed by atoms with Gasteiger partial charge < -0.3 is 0 Å². The summed E-state index contributed by atoms with van der Waals surface area (Å²) in [6.45, 7) is 0. The molecular weight excluding hydrogens is 746 g/mol. The summed E-state index contributed by atoms with van der Waals surface area (Å²) >= 11 is 24.1. The second-order valence-electron chi connectivity index (χ2n) is 8.18. The van der Waals surface area contributed by atoms with Crippen LogP contribution in [0.5, 0.6) is 0 Å². The highest BCUT2D eigenvalue weighted by molar-refractivity contribution is 7.81. The van der Waals surface area contributed by atoms with Crippen molar-refractivity contribution in [3.05, 3.63) is 149 Å². The Morgan fingerprint density at radius 3 is 0.420 bits per heavy atom. The van der Waals surface area contributed by atoms with E-state index in [9.17, 15) is 0 Å².